The Morgan fingerprint density at radius 1 is 1.17 bits per heavy atom. The summed E-state index contributed by atoms with van der Waals surface area (Å²) in [7, 11) is 3.87. The lowest BCUT2D eigenvalue weighted by Gasteiger charge is -2.21. The van der Waals surface area contributed by atoms with Crippen molar-refractivity contribution >= 4 is 39.3 Å². The number of allylic oxidation sites excluding steroid dienone is 2. The van der Waals surface area contributed by atoms with Gasteiger partial charge in [-0.25, -0.2) is 0 Å². The van der Waals surface area contributed by atoms with Gasteiger partial charge in [-0.05, 0) is 32.6 Å². The summed E-state index contributed by atoms with van der Waals surface area (Å²) in [6.07, 6.45) is 6.79. The highest BCUT2D eigenvalue weighted by molar-refractivity contribution is 8.77. The normalized spacial score (nSPS) is 21.6. The number of rotatable bonds is 9. The molecule has 162 valence electrons. The van der Waals surface area contributed by atoms with Crippen LogP contribution in [-0.2, 0) is 14.3 Å². The van der Waals surface area contributed by atoms with Gasteiger partial charge in [0, 0.05) is 36.1 Å². The molecule has 7 heteroatoms. The van der Waals surface area contributed by atoms with E-state index >= 15 is 0 Å². The fourth-order valence-corrected chi connectivity index (χ4v) is 6.85. The fourth-order valence-electron chi connectivity index (χ4n) is 3.82. The molecule has 1 aromatic rings. The molecule has 1 unspecified atom stereocenters. The first kappa shape index (κ1) is 22.9. The van der Waals surface area contributed by atoms with E-state index in [1.807, 2.05) is 51.6 Å². The Bertz CT molecular complexity index is 775. The molecule has 3 rings (SSSR count). The molecule has 0 amide bonds. The fraction of sp³-hybridized carbons (Fsp3) is 0.522. The van der Waals surface area contributed by atoms with E-state index in [-0.39, 0.29) is 11.7 Å². The summed E-state index contributed by atoms with van der Waals surface area (Å²) < 4.78 is 5.09. The van der Waals surface area contributed by atoms with Crippen LogP contribution in [0.1, 0.15) is 55.8 Å². The van der Waals surface area contributed by atoms with Crippen molar-refractivity contribution in [3.8, 4) is 0 Å². The predicted molar refractivity (Wildman–Crippen MR) is 122 cm³/mol. The molecule has 5 nitrogen and oxygen atoms in total. The van der Waals surface area contributed by atoms with Crippen LogP contribution in [0.15, 0.2) is 42.1 Å². The molecular formula is C23H29NO4S2. The number of likely N-dealkylation sites (tertiary alicyclic amines) is 1. The molecule has 0 aliphatic carbocycles. The highest BCUT2D eigenvalue weighted by Crippen LogP contribution is 2.39. The second-order valence-electron chi connectivity index (χ2n) is 7.67. The molecule has 0 saturated carbocycles. The van der Waals surface area contributed by atoms with Gasteiger partial charge in [0.25, 0.3) is 0 Å². The molecule has 0 spiro atoms. The van der Waals surface area contributed by atoms with Crippen LogP contribution in [0.5, 0.6) is 0 Å². The number of ether oxygens (including phenoxy) is 1. The van der Waals surface area contributed by atoms with Gasteiger partial charge in [-0.15, -0.1) is 0 Å². The van der Waals surface area contributed by atoms with Crippen molar-refractivity contribution in [3.63, 3.8) is 0 Å². The SMILES string of the molecule is C/C=C(/C(=O)c1ccccc1)N1CCC(C(=O)OC(=O)CCCC[C@@H]2CCSS2)C1. The van der Waals surface area contributed by atoms with E-state index in [0.29, 0.717) is 42.4 Å². The Labute approximate surface area is 186 Å². The first-order valence-electron chi connectivity index (χ1n) is 10.6. The van der Waals surface area contributed by atoms with Crippen molar-refractivity contribution in [3.05, 3.63) is 47.7 Å². The zero-order valence-electron chi connectivity index (χ0n) is 17.4. The number of carbonyl (C=O) groups is 3. The summed E-state index contributed by atoms with van der Waals surface area (Å²) in [5.74, 6) is -0.108. The molecular weight excluding hydrogens is 418 g/mol. The van der Waals surface area contributed by atoms with Crippen LogP contribution >= 0.6 is 21.6 Å². The first-order valence-corrected chi connectivity index (χ1v) is 13.0. The van der Waals surface area contributed by atoms with Gasteiger partial charge < -0.3 is 9.64 Å². The van der Waals surface area contributed by atoms with Crippen LogP contribution in [0.25, 0.3) is 0 Å². The average Bonchev–Trinajstić information content (AvgIpc) is 3.45. The van der Waals surface area contributed by atoms with E-state index in [9.17, 15) is 14.4 Å². The van der Waals surface area contributed by atoms with Gasteiger partial charge in [-0.2, -0.15) is 0 Å². The van der Waals surface area contributed by atoms with Gasteiger partial charge in [0.05, 0.1) is 11.6 Å². The monoisotopic (exact) mass is 447 g/mol. The number of hydrogen-bond acceptors (Lipinski definition) is 7. The number of unbranched alkanes of at least 4 members (excludes halogenated alkanes) is 1. The van der Waals surface area contributed by atoms with E-state index in [0.717, 1.165) is 19.3 Å². The van der Waals surface area contributed by atoms with Crippen molar-refractivity contribution in [2.24, 2.45) is 5.92 Å². The number of nitrogens with zero attached hydrogens (tertiary/aromatic N) is 1. The Kier molecular flexibility index (Phi) is 8.88. The smallest absolute Gasteiger partial charge is 0.318 e. The number of carbonyl (C=O) groups excluding carboxylic acids is 3. The van der Waals surface area contributed by atoms with E-state index < -0.39 is 11.9 Å². The van der Waals surface area contributed by atoms with Gasteiger partial charge in [0.1, 0.15) is 0 Å². The predicted octanol–water partition coefficient (Wildman–Crippen LogP) is 4.88. The topological polar surface area (TPSA) is 63.7 Å². The molecule has 2 aliphatic rings. The molecule has 0 radical (unpaired) electrons. The lowest BCUT2D eigenvalue weighted by molar-refractivity contribution is -0.162. The second-order valence-corrected chi connectivity index (χ2v) is 10.5. The van der Waals surface area contributed by atoms with Crippen LogP contribution in [0.2, 0.25) is 0 Å². The lowest BCUT2D eigenvalue weighted by atomic mass is 10.1. The van der Waals surface area contributed by atoms with Gasteiger partial charge in [0.2, 0.25) is 5.78 Å². The van der Waals surface area contributed by atoms with Crippen molar-refractivity contribution in [1.82, 2.24) is 4.90 Å². The Hall–Kier alpha value is -1.73. The zero-order chi connectivity index (χ0) is 21.3. The summed E-state index contributed by atoms with van der Waals surface area (Å²) in [6, 6.07) is 9.12. The molecule has 30 heavy (non-hydrogen) atoms. The summed E-state index contributed by atoms with van der Waals surface area (Å²) in [5.41, 5.74) is 1.21. The lowest BCUT2D eigenvalue weighted by Crippen LogP contribution is -2.28. The Balaban J connectivity index is 1.41. The molecule has 2 aliphatic heterocycles. The summed E-state index contributed by atoms with van der Waals surface area (Å²) in [5, 5.41) is 0.705. The standard InChI is InChI=1S/C23H29NO4S2/c1-2-20(22(26)17-8-4-3-5-9-17)24-14-12-18(16-24)23(27)28-21(25)11-7-6-10-19-13-15-29-30-19/h2-5,8-9,18-19H,6-7,10-16H2,1H3/b20-2-/t18?,19-/m1/s1. The third-order valence-electron chi connectivity index (χ3n) is 5.50. The van der Waals surface area contributed by atoms with Crippen molar-refractivity contribution in [2.75, 3.05) is 18.8 Å². The van der Waals surface area contributed by atoms with Crippen LogP contribution in [0.4, 0.5) is 0 Å². The molecule has 2 fully saturated rings. The van der Waals surface area contributed by atoms with E-state index in [4.69, 9.17) is 4.74 Å². The Morgan fingerprint density at radius 2 is 1.97 bits per heavy atom. The number of esters is 2. The minimum Gasteiger partial charge on any atom is -0.393 e. The van der Waals surface area contributed by atoms with Gasteiger partial charge in [0.15, 0.2) is 0 Å². The maximum Gasteiger partial charge on any atom is 0.318 e. The van der Waals surface area contributed by atoms with Crippen LogP contribution in [0, 0.1) is 5.92 Å². The number of ketones is 1. The van der Waals surface area contributed by atoms with Crippen LogP contribution in [0.3, 0.4) is 0 Å². The van der Waals surface area contributed by atoms with E-state index in [2.05, 4.69) is 0 Å². The van der Waals surface area contributed by atoms with Gasteiger partial charge in [-0.1, -0.05) is 64.4 Å². The van der Waals surface area contributed by atoms with Gasteiger partial charge in [-0.3, -0.25) is 14.4 Å². The third-order valence-corrected chi connectivity index (χ3v) is 8.51. The first-order chi connectivity index (χ1) is 14.6. The van der Waals surface area contributed by atoms with Crippen molar-refractivity contribution in [1.29, 1.82) is 0 Å². The van der Waals surface area contributed by atoms with Gasteiger partial charge >= 0.3 is 11.9 Å². The number of Topliss-reactive ketones (excluding diaryl/α,β-unsaturated/α-hetero) is 1. The summed E-state index contributed by atoms with van der Waals surface area (Å²) in [6.45, 7) is 2.83. The molecule has 0 aromatic heterocycles. The van der Waals surface area contributed by atoms with E-state index in [1.54, 1.807) is 18.2 Å². The van der Waals surface area contributed by atoms with Crippen molar-refractivity contribution in [2.45, 2.75) is 50.7 Å². The molecule has 0 bridgehead atoms. The molecule has 2 heterocycles. The number of benzene rings is 1. The maximum absolute atomic E-state index is 12.8. The van der Waals surface area contributed by atoms with Crippen LogP contribution in [-0.4, -0.2) is 46.7 Å². The third kappa shape index (κ3) is 6.38. The summed E-state index contributed by atoms with van der Waals surface area (Å²) in [4.78, 5) is 39.1. The molecule has 1 aromatic carbocycles. The number of hydrogen-bond donors (Lipinski definition) is 0. The summed E-state index contributed by atoms with van der Waals surface area (Å²) >= 11 is 0. The molecule has 2 saturated heterocycles. The molecule has 2 atom stereocenters. The van der Waals surface area contributed by atoms with Crippen LogP contribution < -0.4 is 0 Å². The molecule has 0 N–H and O–H groups in total. The largest absolute Gasteiger partial charge is 0.393 e. The second kappa shape index (κ2) is 11.6. The Morgan fingerprint density at radius 3 is 2.67 bits per heavy atom. The zero-order valence-corrected chi connectivity index (χ0v) is 19.0. The quantitative estimate of drug-likeness (QED) is 0.133. The highest BCUT2D eigenvalue weighted by atomic mass is 33.1. The minimum atomic E-state index is -0.465. The average molecular weight is 448 g/mol. The van der Waals surface area contributed by atoms with Crippen molar-refractivity contribution < 1.29 is 19.1 Å². The van der Waals surface area contributed by atoms with E-state index in [1.165, 1.54) is 12.2 Å². The minimum absolute atomic E-state index is 0.0537. The highest BCUT2D eigenvalue weighted by Gasteiger charge is 2.33. The maximum atomic E-state index is 12.8.